The van der Waals surface area contributed by atoms with Crippen LogP contribution in [0.1, 0.15) is 17.3 Å². The SMILES string of the molecule is CCNC(=O)CNC(=O)CNC(=O)c1ccc(N)cc1. The number of hydrogen-bond acceptors (Lipinski definition) is 4. The summed E-state index contributed by atoms with van der Waals surface area (Å²) in [6, 6.07) is 6.34. The molecule has 5 N–H and O–H groups in total. The van der Waals surface area contributed by atoms with Gasteiger partial charge in [0.15, 0.2) is 0 Å². The molecule has 0 aromatic heterocycles. The molecule has 0 saturated heterocycles. The average Bonchev–Trinajstić information content (AvgIpc) is 2.43. The number of amides is 3. The van der Waals surface area contributed by atoms with E-state index in [0.29, 0.717) is 17.8 Å². The zero-order valence-electron chi connectivity index (χ0n) is 11.2. The number of anilines is 1. The summed E-state index contributed by atoms with van der Waals surface area (Å²) in [4.78, 5) is 34.2. The van der Waals surface area contributed by atoms with Gasteiger partial charge in [-0.2, -0.15) is 0 Å². The van der Waals surface area contributed by atoms with E-state index < -0.39 is 5.91 Å². The number of carbonyl (C=O) groups is 3. The van der Waals surface area contributed by atoms with Gasteiger partial charge in [-0.1, -0.05) is 0 Å². The lowest BCUT2D eigenvalue weighted by Gasteiger charge is -2.07. The zero-order chi connectivity index (χ0) is 15.0. The van der Waals surface area contributed by atoms with Crippen LogP contribution in [0.3, 0.4) is 0 Å². The number of carbonyl (C=O) groups excluding carboxylic acids is 3. The fourth-order valence-corrected chi connectivity index (χ4v) is 1.40. The maximum atomic E-state index is 11.7. The van der Waals surface area contributed by atoms with E-state index in [4.69, 9.17) is 5.73 Å². The summed E-state index contributed by atoms with van der Waals surface area (Å²) >= 11 is 0. The van der Waals surface area contributed by atoms with Crippen LogP contribution in [0.25, 0.3) is 0 Å². The molecule has 0 saturated carbocycles. The van der Waals surface area contributed by atoms with Gasteiger partial charge in [-0.3, -0.25) is 14.4 Å². The number of nitrogens with one attached hydrogen (secondary N) is 3. The van der Waals surface area contributed by atoms with E-state index in [9.17, 15) is 14.4 Å². The Balaban J connectivity index is 2.32. The molecular weight excluding hydrogens is 260 g/mol. The van der Waals surface area contributed by atoms with Crippen LogP contribution in [0.4, 0.5) is 5.69 Å². The van der Waals surface area contributed by atoms with Crippen molar-refractivity contribution in [1.82, 2.24) is 16.0 Å². The standard InChI is InChI=1S/C13H18N4O3/c1-2-15-11(18)7-16-12(19)8-17-13(20)9-3-5-10(14)6-4-9/h3-6H,2,7-8,14H2,1H3,(H,15,18)(H,16,19)(H,17,20). The van der Waals surface area contributed by atoms with Crippen LogP contribution in [-0.4, -0.2) is 37.4 Å². The fourth-order valence-electron chi connectivity index (χ4n) is 1.40. The van der Waals surface area contributed by atoms with Crippen LogP contribution in [-0.2, 0) is 9.59 Å². The third kappa shape index (κ3) is 5.38. The Labute approximate surface area is 116 Å². The van der Waals surface area contributed by atoms with Crippen molar-refractivity contribution < 1.29 is 14.4 Å². The van der Waals surface area contributed by atoms with E-state index in [0.717, 1.165) is 0 Å². The second-order valence-corrected chi connectivity index (χ2v) is 4.03. The highest BCUT2D eigenvalue weighted by atomic mass is 16.2. The first-order chi connectivity index (χ1) is 9.52. The van der Waals surface area contributed by atoms with Crippen molar-refractivity contribution in [2.75, 3.05) is 25.4 Å². The van der Waals surface area contributed by atoms with Gasteiger partial charge in [0.25, 0.3) is 5.91 Å². The highest BCUT2D eigenvalue weighted by Crippen LogP contribution is 2.04. The smallest absolute Gasteiger partial charge is 0.251 e. The van der Waals surface area contributed by atoms with Crippen molar-refractivity contribution in [3.05, 3.63) is 29.8 Å². The molecule has 1 aromatic carbocycles. The molecule has 0 radical (unpaired) electrons. The predicted octanol–water partition coefficient (Wildman–Crippen LogP) is -0.749. The summed E-state index contributed by atoms with van der Waals surface area (Å²) in [7, 11) is 0. The van der Waals surface area contributed by atoms with Crippen LogP contribution in [0, 0.1) is 0 Å². The van der Waals surface area contributed by atoms with Gasteiger partial charge in [-0.05, 0) is 31.2 Å². The highest BCUT2D eigenvalue weighted by Gasteiger charge is 2.08. The molecule has 20 heavy (non-hydrogen) atoms. The Morgan fingerprint density at radius 1 is 0.950 bits per heavy atom. The van der Waals surface area contributed by atoms with Gasteiger partial charge in [0.1, 0.15) is 0 Å². The monoisotopic (exact) mass is 278 g/mol. The maximum absolute atomic E-state index is 11.7. The number of benzene rings is 1. The molecule has 7 heteroatoms. The van der Waals surface area contributed by atoms with Crippen molar-refractivity contribution in [3.63, 3.8) is 0 Å². The molecule has 0 fully saturated rings. The maximum Gasteiger partial charge on any atom is 0.251 e. The first kappa shape index (κ1) is 15.5. The molecule has 108 valence electrons. The van der Waals surface area contributed by atoms with Gasteiger partial charge in [-0.15, -0.1) is 0 Å². The minimum Gasteiger partial charge on any atom is -0.399 e. The van der Waals surface area contributed by atoms with Crippen LogP contribution < -0.4 is 21.7 Å². The van der Waals surface area contributed by atoms with Crippen molar-refractivity contribution in [1.29, 1.82) is 0 Å². The lowest BCUT2D eigenvalue weighted by molar-refractivity contribution is -0.125. The van der Waals surface area contributed by atoms with Gasteiger partial charge >= 0.3 is 0 Å². The second-order valence-electron chi connectivity index (χ2n) is 4.03. The first-order valence-corrected chi connectivity index (χ1v) is 6.20. The average molecular weight is 278 g/mol. The summed E-state index contributed by atoms with van der Waals surface area (Å²) < 4.78 is 0. The Morgan fingerprint density at radius 3 is 2.10 bits per heavy atom. The Kier molecular flexibility index (Phi) is 6.02. The number of nitrogens with two attached hydrogens (primary N) is 1. The van der Waals surface area contributed by atoms with Crippen molar-refractivity contribution in [2.24, 2.45) is 0 Å². The van der Waals surface area contributed by atoms with Gasteiger partial charge < -0.3 is 21.7 Å². The molecular formula is C13H18N4O3. The quantitative estimate of drug-likeness (QED) is 0.513. The summed E-state index contributed by atoms with van der Waals surface area (Å²) in [5.74, 6) is -1.08. The normalized spacial score (nSPS) is 9.65. The molecule has 0 unspecified atom stereocenters. The summed E-state index contributed by atoms with van der Waals surface area (Å²) in [5, 5.41) is 7.39. The predicted molar refractivity (Wildman–Crippen MR) is 74.9 cm³/mol. The molecule has 0 aliphatic heterocycles. The van der Waals surface area contributed by atoms with Crippen molar-refractivity contribution in [3.8, 4) is 0 Å². The second kappa shape index (κ2) is 7.78. The zero-order valence-corrected chi connectivity index (χ0v) is 11.2. The van der Waals surface area contributed by atoms with Gasteiger partial charge in [0.05, 0.1) is 13.1 Å². The highest BCUT2D eigenvalue weighted by molar-refractivity contribution is 5.97. The molecule has 0 heterocycles. The van der Waals surface area contributed by atoms with Gasteiger partial charge in [-0.25, -0.2) is 0 Å². The van der Waals surface area contributed by atoms with E-state index in [1.54, 1.807) is 31.2 Å². The van der Waals surface area contributed by atoms with E-state index in [2.05, 4.69) is 16.0 Å². The number of nitrogen functional groups attached to an aromatic ring is 1. The lowest BCUT2D eigenvalue weighted by atomic mass is 10.2. The van der Waals surface area contributed by atoms with Crippen LogP contribution >= 0.6 is 0 Å². The minimum atomic E-state index is -0.431. The van der Waals surface area contributed by atoms with Crippen LogP contribution in [0.5, 0.6) is 0 Å². The number of hydrogen-bond donors (Lipinski definition) is 4. The molecule has 1 rings (SSSR count). The van der Waals surface area contributed by atoms with Crippen molar-refractivity contribution >= 4 is 23.4 Å². The van der Waals surface area contributed by atoms with Crippen molar-refractivity contribution in [2.45, 2.75) is 6.92 Å². The van der Waals surface area contributed by atoms with Crippen LogP contribution in [0.2, 0.25) is 0 Å². The minimum absolute atomic E-state index is 0.107. The van der Waals surface area contributed by atoms with E-state index in [-0.39, 0.29) is 24.9 Å². The van der Waals surface area contributed by atoms with E-state index in [1.165, 1.54) is 0 Å². The fraction of sp³-hybridized carbons (Fsp3) is 0.308. The Bertz CT molecular complexity index is 485. The number of rotatable bonds is 6. The molecule has 0 aliphatic rings. The molecule has 7 nitrogen and oxygen atoms in total. The summed E-state index contributed by atoms with van der Waals surface area (Å²) in [5.41, 5.74) is 6.48. The molecule has 1 aromatic rings. The third-order valence-electron chi connectivity index (χ3n) is 2.40. The first-order valence-electron chi connectivity index (χ1n) is 6.20. The van der Waals surface area contributed by atoms with E-state index >= 15 is 0 Å². The lowest BCUT2D eigenvalue weighted by Crippen LogP contribution is -2.41. The third-order valence-corrected chi connectivity index (χ3v) is 2.40. The van der Waals surface area contributed by atoms with Gasteiger partial charge in [0, 0.05) is 17.8 Å². The van der Waals surface area contributed by atoms with E-state index in [1.807, 2.05) is 0 Å². The Morgan fingerprint density at radius 2 is 1.50 bits per heavy atom. The molecule has 0 aliphatic carbocycles. The molecule has 0 spiro atoms. The summed E-state index contributed by atoms with van der Waals surface area (Å²) in [6.07, 6.45) is 0. The largest absolute Gasteiger partial charge is 0.399 e. The molecule has 3 amide bonds. The summed E-state index contributed by atoms with van der Waals surface area (Å²) in [6.45, 7) is 1.99. The topological polar surface area (TPSA) is 113 Å². The van der Waals surface area contributed by atoms with Crippen LogP contribution in [0.15, 0.2) is 24.3 Å². The molecule has 0 bridgehead atoms. The van der Waals surface area contributed by atoms with Gasteiger partial charge in [0.2, 0.25) is 11.8 Å². The molecule has 0 atom stereocenters. The number of likely N-dealkylation sites (N-methyl/N-ethyl adjacent to an activating group) is 1. The Hall–Kier alpha value is -2.57.